The lowest BCUT2D eigenvalue weighted by molar-refractivity contribution is -0.139. The number of nitrogens with zero attached hydrogens (tertiary/aromatic N) is 2. The fraction of sp³-hybridized carbons (Fsp3) is 0.895. The molecule has 1 saturated carbocycles. The van der Waals surface area contributed by atoms with E-state index < -0.39 is 5.97 Å². The molecule has 0 aromatic rings. The van der Waals surface area contributed by atoms with E-state index in [1.807, 2.05) is 16.7 Å². The second kappa shape index (κ2) is 9.41. The number of carbonyl (C=O) groups is 2. The highest BCUT2D eigenvalue weighted by Gasteiger charge is 2.35. The molecule has 1 aliphatic heterocycles. The third-order valence-corrected chi connectivity index (χ3v) is 5.76. The summed E-state index contributed by atoms with van der Waals surface area (Å²) in [4.78, 5) is 27.2. The smallest absolute Gasteiger partial charge is 0.317 e. The summed E-state index contributed by atoms with van der Waals surface area (Å²) >= 11 is 0. The molecule has 0 bridgehead atoms. The number of nitrogens with one attached hydrogen (secondary N) is 1. The SMILES string of the molecule is CCN(CC(=O)O)C1CC(NC(=O)N2CCC(CCC(C)C)CC2)C1. The molecule has 0 radical (unpaired) electrons. The largest absolute Gasteiger partial charge is 0.480 e. The molecule has 0 aromatic heterocycles. The minimum Gasteiger partial charge on any atom is -0.480 e. The van der Waals surface area contributed by atoms with Crippen LogP contribution < -0.4 is 5.32 Å². The van der Waals surface area contributed by atoms with Gasteiger partial charge < -0.3 is 15.3 Å². The van der Waals surface area contributed by atoms with Crippen molar-refractivity contribution in [3.05, 3.63) is 0 Å². The highest BCUT2D eigenvalue weighted by molar-refractivity contribution is 5.74. The highest BCUT2D eigenvalue weighted by atomic mass is 16.4. The van der Waals surface area contributed by atoms with Crippen LogP contribution in [0, 0.1) is 11.8 Å². The average molecular weight is 354 g/mol. The van der Waals surface area contributed by atoms with Gasteiger partial charge in [0, 0.05) is 25.2 Å². The number of carboxylic acid groups (broad SMARTS) is 1. The van der Waals surface area contributed by atoms with Gasteiger partial charge in [0.05, 0.1) is 6.54 Å². The van der Waals surface area contributed by atoms with Crippen LogP contribution in [0.15, 0.2) is 0 Å². The normalized spacial score (nSPS) is 24.4. The zero-order valence-corrected chi connectivity index (χ0v) is 16.0. The quantitative estimate of drug-likeness (QED) is 0.704. The van der Waals surface area contributed by atoms with Crippen molar-refractivity contribution in [1.29, 1.82) is 0 Å². The standard InChI is InChI=1S/C19H35N3O3/c1-4-21(13-18(23)24)17-11-16(12-17)20-19(25)22-9-7-15(8-10-22)6-5-14(2)3/h14-17H,4-13H2,1-3H3,(H,20,25)(H,23,24). The molecule has 144 valence electrons. The second-order valence-electron chi connectivity index (χ2n) is 8.13. The first-order valence-electron chi connectivity index (χ1n) is 9.90. The van der Waals surface area contributed by atoms with Crippen molar-refractivity contribution in [2.75, 3.05) is 26.2 Å². The maximum atomic E-state index is 12.4. The Morgan fingerprint density at radius 1 is 1.24 bits per heavy atom. The van der Waals surface area contributed by atoms with Gasteiger partial charge in [0.2, 0.25) is 0 Å². The van der Waals surface area contributed by atoms with Crippen LogP contribution in [0.2, 0.25) is 0 Å². The van der Waals surface area contributed by atoms with Gasteiger partial charge in [0.1, 0.15) is 0 Å². The Bertz CT molecular complexity index is 441. The Balaban J connectivity index is 1.65. The molecular formula is C19H35N3O3. The Kier molecular flexibility index (Phi) is 7.54. The summed E-state index contributed by atoms with van der Waals surface area (Å²) in [5.41, 5.74) is 0. The minimum atomic E-state index is -0.783. The van der Waals surface area contributed by atoms with Crippen LogP contribution in [-0.2, 0) is 4.79 Å². The molecule has 0 aromatic carbocycles. The van der Waals surface area contributed by atoms with E-state index in [0.29, 0.717) is 0 Å². The monoisotopic (exact) mass is 353 g/mol. The van der Waals surface area contributed by atoms with E-state index in [1.54, 1.807) is 0 Å². The number of rotatable bonds is 8. The third-order valence-electron chi connectivity index (χ3n) is 5.76. The summed E-state index contributed by atoms with van der Waals surface area (Å²) in [5.74, 6) is 0.750. The Morgan fingerprint density at radius 2 is 1.88 bits per heavy atom. The van der Waals surface area contributed by atoms with Crippen LogP contribution >= 0.6 is 0 Å². The van der Waals surface area contributed by atoms with Crippen molar-refractivity contribution in [2.45, 2.75) is 71.4 Å². The first kappa shape index (κ1) is 20.0. The van der Waals surface area contributed by atoms with Gasteiger partial charge in [-0.25, -0.2) is 4.79 Å². The fourth-order valence-corrected chi connectivity index (χ4v) is 3.94. The van der Waals surface area contributed by atoms with Gasteiger partial charge in [-0.3, -0.25) is 9.69 Å². The lowest BCUT2D eigenvalue weighted by Gasteiger charge is -2.43. The number of aliphatic carboxylic acids is 1. The first-order chi connectivity index (χ1) is 11.9. The third kappa shape index (κ3) is 6.17. The van der Waals surface area contributed by atoms with Gasteiger partial charge >= 0.3 is 12.0 Å². The van der Waals surface area contributed by atoms with Gasteiger partial charge in [0.15, 0.2) is 0 Å². The molecule has 2 N–H and O–H groups in total. The van der Waals surface area contributed by atoms with Crippen molar-refractivity contribution < 1.29 is 14.7 Å². The molecule has 1 saturated heterocycles. The highest BCUT2D eigenvalue weighted by Crippen LogP contribution is 2.27. The van der Waals surface area contributed by atoms with E-state index in [0.717, 1.165) is 57.2 Å². The van der Waals surface area contributed by atoms with Crippen LogP contribution in [0.4, 0.5) is 4.79 Å². The van der Waals surface area contributed by atoms with Crippen LogP contribution in [0.1, 0.15) is 59.3 Å². The number of hydrogen-bond donors (Lipinski definition) is 2. The predicted octanol–water partition coefficient (Wildman–Crippen LogP) is 2.78. The summed E-state index contributed by atoms with van der Waals surface area (Å²) in [6.07, 6.45) is 6.53. The number of likely N-dealkylation sites (tertiary alicyclic amines) is 1. The number of amides is 2. The van der Waals surface area contributed by atoms with Crippen molar-refractivity contribution in [2.24, 2.45) is 11.8 Å². The zero-order chi connectivity index (χ0) is 18.4. The average Bonchev–Trinajstić information content (AvgIpc) is 2.54. The number of carboxylic acids is 1. The van der Waals surface area contributed by atoms with E-state index in [9.17, 15) is 9.59 Å². The Labute approximate surface area is 151 Å². The molecular weight excluding hydrogens is 318 g/mol. The minimum absolute atomic E-state index is 0.0621. The number of piperidine rings is 1. The Morgan fingerprint density at radius 3 is 2.40 bits per heavy atom. The molecule has 25 heavy (non-hydrogen) atoms. The molecule has 2 aliphatic rings. The summed E-state index contributed by atoms with van der Waals surface area (Å²) < 4.78 is 0. The molecule has 2 amide bonds. The number of likely N-dealkylation sites (N-methyl/N-ethyl adjacent to an activating group) is 1. The maximum absolute atomic E-state index is 12.4. The lowest BCUT2D eigenvalue weighted by Crippen LogP contribution is -2.57. The van der Waals surface area contributed by atoms with Gasteiger partial charge in [-0.15, -0.1) is 0 Å². The van der Waals surface area contributed by atoms with Crippen molar-refractivity contribution in [1.82, 2.24) is 15.1 Å². The van der Waals surface area contributed by atoms with E-state index in [2.05, 4.69) is 19.2 Å². The number of urea groups is 1. The van der Waals surface area contributed by atoms with Gasteiger partial charge in [-0.05, 0) is 44.1 Å². The summed E-state index contributed by atoms with van der Waals surface area (Å²) in [6.45, 7) is 9.08. The predicted molar refractivity (Wildman–Crippen MR) is 98.6 cm³/mol. The maximum Gasteiger partial charge on any atom is 0.317 e. The molecule has 6 heteroatoms. The van der Waals surface area contributed by atoms with Gasteiger partial charge in [0.25, 0.3) is 0 Å². The zero-order valence-electron chi connectivity index (χ0n) is 16.0. The van der Waals surface area contributed by atoms with E-state index in [4.69, 9.17) is 5.11 Å². The van der Waals surface area contributed by atoms with Crippen LogP contribution in [0.3, 0.4) is 0 Å². The summed E-state index contributed by atoms with van der Waals surface area (Å²) in [6, 6.07) is 0.541. The second-order valence-corrected chi connectivity index (χ2v) is 8.13. The molecule has 6 nitrogen and oxygen atoms in total. The number of hydrogen-bond acceptors (Lipinski definition) is 3. The molecule has 0 unspecified atom stereocenters. The van der Waals surface area contributed by atoms with Gasteiger partial charge in [-0.1, -0.05) is 33.6 Å². The van der Waals surface area contributed by atoms with Crippen molar-refractivity contribution in [3.63, 3.8) is 0 Å². The van der Waals surface area contributed by atoms with Crippen LogP contribution in [-0.4, -0.2) is 65.2 Å². The fourth-order valence-electron chi connectivity index (χ4n) is 3.94. The molecule has 2 fully saturated rings. The lowest BCUT2D eigenvalue weighted by atomic mass is 9.85. The molecule has 2 rings (SSSR count). The van der Waals surface area contributed by atoms with E-state index in [1.165, 1.54) is 12.8 Å². The first-order valence-corrected chi connectivity index (χ1v) is 9.90. The van der Waals surface area contributed by atoms with Crippen molar-refractivity contribution >= 4 is 12.0 Å². The van der Waals surface area contributed by atoms with E-state index in [-0.39, 0.29) is 24.7 Å². The Hall–Kier alpha value is -1.30. The molecule has 1 heterocycles. The number of carbonyl (C=O) groups excluding carboxylic acids is 1. The topological polar surface area (TPSA) is 72.9 Å². The van der Waals surface area contributed by atoms with Crippen molar-refractivity contribution in [3.8, 4) is 0 Å². The molecule has 1 aliphatic carbocycles. The summed E-state index contributed by atoms with van der Waals surface area (Å²) in [5, 5.41) is 12.1. The van der Waals surface area contributed by atoms with Crippen LogP contribution in [0.5, 0.6) is 0 Å². The molecule has 0 spiro atoms. The van der Waals surface area contributed by atoms with E-state index >= 15 is 0 Å². The summed E-state index contributed by atoms with van der Waals surface area (Å²) in [7, 11) is 0. The van der Waals surface area contributed by atoms with Crippen LogP contribution in [0.25, 0.3) is 0 Å². The molecule has 0 atom stereocenters. The van der Waals surface area contributed by atoms with Gasteiger partial charge in [-0.2, -0.15) is 0 Å².